The van der Waals surface area contributed by atoms with Crippen molar-refractivity contribution in [3.05, 3.63) is 76.5 Å². The summed E-state index contributed by atoms with van der Waals surface area (Å²) >= 11 is 6.35. The van der Waals surface area contributed by atoms with E-state index >= 15 is 0 Å². The van der Waals surface area contributed by atoms with Crippen molar-refractivity contribution < 1.29 is 14.3 Å². The summed E-state index contributed by atoms with van der Waals surface area (Å²) in [5.74, 6) is 0.406. The molecule has 0 fully saturated rings. The first-order valence-corrected chi connectivity index (χ1v) is 10.8. The van der Waals surface area contributed by atoms with E-state index in [2.05, 4.69) is 13.8 Å². The Kier molecular flexibility index (Phi) is 5.76. The van der Waals surface area contributed by atoms with Crippen molar-refractivity contribution in [2.75, 3.05) is 12.0 Å². The lowest BCUT2D eigenvalue weighted by molar-refractivity contribution is -0.121. The van der Waals surface area contributed by atoms with Crippen molar-refractivity contribution in [2.24, 2.45) is 11.3 Å². The van der Waals surface area contributed by atoms with Gasteiger partial charge in [-0.1, -0.05) is 67.9 Å². The molecule has 1 unspecified atom stereocenters. The van der Waals surface area contributed by atoms with Crippen molar-refractivity contribution in [1.82, 2.24) is 0 Å². The highest BCUT2D eigenvalue weighted by molar-refractivity contribution is 6.32. The second kappa shape index (κ2) is 8.35. The first kappa shape index (κ1) is 21.4. The fraction of sp³-hybridized carbons (Fsp3) is 0.308. The Bertz CT molecular complexity index is 1090. The largest absolute Gasteiger partial charge is 0.495 e. The van der Waals surface area contributed by atoms with Crippen molar-refractivity contribution in [3.63, 3.8) is 0 Å². The molecule has 5 heteroatoms. The number of ether oxygens (including phenoxy) is 1. The van der Waals surface area contributed by atoms with Gasteiger partial charge in [0.25, 0.3) is 0 Å². The number of nitrogens with zero attached hydrogens (tertiary/aromatic N) is 1. The van der Waals surface area contributed by atoms with Crippen LogP contribution < -0.4 is 9.64 Å². The van der Waals surface area contributed by atoms with E-state index in [0.29, 0.717) is 29.3 Å². The summed E-state index contributed by atoms with van der Waals surface area (Å²) in [6.07, 6.45) is 5.37. The molecule has 4 nitrogen and oxygen atoms in total. The van der Waals surface area contributed by atoms with Crippen LogP contribution in [0.15, 0.2) is 65.9 Å². The minimum Gasteiger partial charge on any atom is -0.495 e. The molecule has 160 valence electrons. The molecule has 2 aromatic rings. The highest BCUT2D eigenvalue weighted by Crippen LogP contribution is 2.46. The number of hydrogen-bond donors (Lipinski definition) is 0. The van der Waals surface area contributed by atoms with Crippen molar-refractivity contribution >= 4 is 35.1 Å². The first-order valence-electron chi connectivity index (χ1n) is 10.4. The number of anilines is 1. The molecule has 1 amide bonds. The Balaban J connectivity index is 1.80. The maximum Gasteiger partial charge on any atom is 0.232 e. The van der Waals surface area contributed by atoms with Crippen LogP contribution in [0.2, 0.25) is 5.02 Å². The molecular weight excluding hydrogens is 410 g/mol. The molecule has 2 aromatic carbocycles. The normalized spacial score (nSPS) is 20.9. The third-order valence-corrected chi connectivity index (χ3v) is 6.19. The van der Waals surface area contributed by atoms with Gasteiger partial charge in [-0.2, -0.15) is 0 Å². The molecule has 0 N–H and O–H groups in total. The molecule has 1 heterocycles. The molecule has 0 saturated heterocycles. The van der Waals surface area contributed by atoms with Crippen LogP contribution in [0.25, 0.3) is 6.08 Å². The summed E-state index contributed by atoms with van der Waals surface area (Å²) in [5.41, 5.74) is 3.04. The van der Waals surface area contributed by atoms with E-state index in [-0.39, 0.29) is 29.4 Å². The van der Waals surface area contributed by atoms with E-state index in [1.165, 1.54) is 0 Å². The summed E-state index contributed by atoms with van der Waals surface area (Å²) in [6, 6.07) is 15.2. The predicted octanol–water partition coefficient (Wildman–Crippen LogP) is 6.06. The molecule has 0 spiro atoms. The number of Topliss-reactive ketones (excluding diaryl/α,β-unsaturated/α-hetero) is 1. The zero-order chi connectivity index (χ0) is 22.2. The third-order valence-electron chi connectivity index (χ3n) is 5.90. The lowest BCUT2D eigenvalue weighted by Crippen LogP contribution is -2.44. The maximum atomic E-state index is 13.3. The van der Waals surface area contributed by atoms with Gasteiger partial charge in [-0.25, -0.2) is 0 Å². The number of benzene rings is 2. The standard InChI is InChI=1S/C26H26ClNO3/c1-26(2)15-21-25(22(29)16-26)18(10-9-17-7-5-4-6-8-17)13-24(30)28(21)19-11-12-23(31-3)20(27)14-19/h4-12,14,18H,13,15-16H2,1-3H3/b10-9+. The minimum absolute atomic E-state index is 0.0341. The van der Waals surface area contributed by atoms with E-state index in [1.54, 1.807) is 24.1 Å². The molecule has 4 rings (SSSR count). The fourth-order valence-corrected chi connectivity index (χ4v) is 4.76. The number of allylic oxidation sites excluding steroid dienone is 3. The number of rotatable bonds is 4. The molecule has 2 aliphatic rings. The Hall–Kier alpha value is -2.85. The van der Waals surface area contributed by atoms with E-state index in [9.17, 15) is 9.59 Å². The van der Waals surface area contributed by atoms with Crippen molar-refractivity contribution in [3.8, 4) is 5.75 Å². The SMILES string of the molecule is COc1ccc(N2C(=O)CC(/C=C/c3ccccc3)C3=C2CC(C)(C)CC3=O)cc1Cl. The number of amides is 1. The monoisotopic (exact) mass is 435 g/mol. The summed E-state index contributed by atoms with van der Waals surface area (Å²) in [6.45, 7) is 4.14. The van der Waals surface area contributed by atoms with E-state index in [4.69, 9.17) is 16.3 Å². The fourth-order valence-electron chi connectivity index (χ4n) is 4.50. The van der Waals surface area contributed by atoms with Gasteiger partial charge in [-0.3, -0.25) is 14.5 Å². The van der Waals surface area contributed by atoms with Gasteiger partial charge >= 0.3 is 0 Å². The van der Waals surface area contributed by atoms with E-state index < -0.39 is 0 Å². The Morgan fingerprint density at radius 3 is 2.52 bits per heavy atom. The first-order chi connectivity index (χ1) is 14.8. The average molecular weight is 436 g/mol. The molecule has 0 aromatic heterocycles. The van der Waals surface area contributed by atoms with Crippen LogP contribution in [0.1, 0.15) is 38.7 Å². The van der Waals surface area contributed by atoms with Crippen LogP contribution in [0, 0.1) is 11.3 Å². The number of halogens is 1. The average Bonchev–Trinajstić information content (AvgIpc) is 2.71. The summed E-state index contributed by atoms with van der Waals surface area (Å²) in [5, 5.41) is 0.433. The Morgan fingerprint density at radius 2 is 1.84 bits per heavy atom. The molecule has 0 saturated carbocycles. The lowest BCUT2D eigenvalue weighted by Gasteiger charge is -2.42. The van der Waals surface area contributed by atoms with Crippen molar-refractivity contribution in [1.29, 1.82) is 0 Å². The number of carbonyl (C=O) groups is 2. The van der Waals surface area contributed by atoms with Gasteiger partial charge in [0.05, 0.1) is 17.8 Å². The Labute approximate surface area is 188 Å². The van der Waals surface area contributed by atoms with Gasteiger partial charge in [-0.05, 0) is 35.6 Å². The molecule has 31 heavy (non-hydrogen) atoms. The highest BCUT2D eigenvalue weighted by atomic mass is 35.5. The van der Waals surface area contributed by atoms with Gasteiger partial charge in [0.15, 0.2) is 5.78 Å². The highest BCUT2D eigenvalue weighted by Gasteiger charge is 2.43. The number of hydrogen-bond acceptors (Lipinski definition) is 3. The second-order valence-electron chi connectivity index (χ2n) is 8.93. The topological polar surface area (TPSA) is 46.6 Å². The van der Waals surface area contributed by atoms with Crippen LogP contribution >= 0.6 is 11.6 Å². The van der Waals surface area contributed by atoms with Gasteiger partial charge in [-0.15, -0.1) is 0 Å². The van der Waals surface area contributed by atoms with Crippen LogP contribution in [-0.2, 0) is 9.59 Å². The number of ketones is 1. The second-order valence-corrected chi connectivity index (χ2v) is 9.34. The van der Waals surface area contributed by atoms with Crippen LogP contribution in [0.5, 0.6) is 5.75 Å². The van der Waals surface area contributed by atoms with Gasteiger partial charge in [0.2, 0.25) is 5.91 Å². The van der Waals surface area contributed by atoms with Crippen LogP contribution in [0.4, 0.5) is 5.69 Å². The van der Waals surface area contributed by atoms with Crippen molar-refractivity contribution in [2.45, 2.75) is 33.1 Å². The lowest BCUT2D eigenvalue weighted by atomic mass is 9.70. The van der Waals surface area contributed by atoms with E-state index in [1.807, 2.05) is 48.6 Å². The maximum absolute atomic E-state index is 13.3. The molecule has 1 atom stereocenters. The molecular formula is C26H26ClNO3. The summed E-state index contributed by atoms with van der Waals surface area (Å²) in [4.78, 5) is 28.3. The molecule has 1 aliphatic carbocycles. The zero-order valence-electron chi connectivity index (χ0n) is 18.0. The quantitative estimate of drug-likeness (QED) is 0.586. The third kappa shape index (κ3) is 4.31. The summed E-state index contributed by atoms with van der Waals surface area (Å²) < 4.78 is 5.25. The summed E-state index contributed by atoms with van der Waals surface area (Å²) in [7, 11) is 1.56. The van der Waals surface area contributed by atoms with Gasteiger partial charge in [0, 0.05) is 30.0 Å². The van der Waals surface area contributed by atoms with Crippen LogP contribution in [-0.4, -0.2) is 18.8 Å². The zero-order valence-corrected chi connectivity index (χ0v) is 18.8. The Morgan fingerprint density at radius 1 is 1.10 bits per heavy atom. The van der Waals surface area contributed by atoms with E-state index in [0.717, 1.165) is 16.8 Å². The molecule has 0 bridgehead atoms. The van der Waals surface area contributed by atoms with Gasteiger partial charge in [0.1, 0.15) is 5.75 Å². The number of methoxy groups -OCH3 is 1. The van der Waals surface area contributed by atoms with Crippen LogP contribution in [0.3, 0.4) is 0 Å². The minimum atomic E-state index is -0.226. The molecule has 0 radical (unpaired) electrons. The molecule has 1 aliphatic heterocycles. The van der Waals surface area contributed by atoms with Gasteiger partial charge < -0.3 is 4.74 Å². The predicted molar refractivity (Wildman–Crippen MR) is 124 cm³/mol. The number of carbonyl (C=O) groups excluding carboxylic acids is 2. The smallest absolute Gasteiger partial charge is 0.232 e.